The standard InChI is InChI=1S/C21H14BrN3.C15H10ClN3.C6H4Br2/c22-18-13-11-17(12-14-18)21-24-19(15-7-3-1-4-8-15)23-20(25-21)16-9-5-2-6-10-16;16-15-18-13(11-7-3-1-4-8-11)17-14(19-15)12-9-5-2-6-10-12;7-5-1-2-6(8)4-3-5/h1-14H;1-10H;1-4H. The van der Waals surface area contributed by atoms with Crippen molar-refractivity contribution in [1.29, 1.82) is 0 Å². The second kappa shape index (κ2) is 18.5. The Bertz CT molecular complexity index is 2180. The maximum absolute atomic E-state index is 5.99. The Balaban J connectivity index is 0.000000151. The molecule has 0 fully saturated rings. The SMILES string of the molecule is Brc1ccc(-c2nc(-c3ccccc3)nc(-c3ccccc3)n2)cc1.Brc1ccc(Br)cc1.Clc1nc(-c2ccccc2)nc(-c2ccccc2)n1. The largest absolute Gasteiger partial charge is 0.226 e. The lowest BCUT2D eigenvalue weighted by Gasteiger charge is -2.08. The summed E-state index contributed by atoms with van der Waals surface area (Å²) in [6.07, 6.45) is 0. The Morgan fingerprint density at radius 1 is 0.269 bits per heavy atom. The lowest BCUT2D eigenvalue weighted by molar-refractivity contribution is 1.07. The van der Waals surface area contributed by atoms with Crippen LogP contribution in [0.25, 0.3) is 56.9 Å². The van der Waals surface area contributed by atoms with E-state index in [1.807, 2.05) is 170 Å². The van der Waals surface area contributed by atoms with Gasteiger partial charge in [-0.3, -0.25) is 0 Å². The lowest BCUT2D eigenvalue weighted by atomic mass is 10.1. The number of aromatic nitrogens is 6. The highest BCUT2D eigenvalue weighted by molar-refractivity contribution is 9.11. The number of hydrogen-bond acceptors (Lipinski definition) is 6. The minimum atomic E-state index is 0.202. The number of halogens is 4. The van der Waals surface area contributed by atoms with Crippen LogP contribution in [-0.4, -0.2) is 29.9 Å². The fourth-order valence-corrected chi connectivity index (χ4v) is 5.70. The highest BCUT2D eigenvalue weighted by atomic mass is 79.9. The predicted molar refractivity (Wildman–Crippen MR) is 221 cm³/mol. The van der Waals surface area contributed by atoms with E-state index in [-0.39, 0.29) is 5.28 Å². The average Bonchev–Trinajstić information content (AvgIpc) is 3.21. The molecule has 0 amide bonds. The van der Waals surface area contributed by atoms with E-state index in [0.29, 0.717) is 29.1 Å². The van der Waals surface area contributed by atoms with Crippen LogP contribution in [0.4, 0.5) is 0 Å². The molecule has 0 radical (unpaired) electrons. The van der Waals surface area contributed by atoms with Gasteiger partial charge in [0.25, 0.3) is 0 Å². The number of nitrogens with zero attached hydrogens (tertiary/aromatic N) is 6. The van der Waals surface area contributed by atoms with Gasteiger partial charge in [-0.05, 0) is 48.0 Å². The summed E-state index contributed by atoms with van der Waals surface area (Å²) < 4.78 is 3.25. The Morgan fingerprint density at radius 2 is 0.481 bits per heavy atom. The average molecular weight is 892 g/mol. The molecule has 0 saturated heterocycles. The Morgan fingerprint density at radius 3 is 0.750 bits per heavy atom. The maximum atomic E-state index is 5.99. The molecule has 0 spiro atoms. The third kappa shape index (κ3) is 10.6. The van der Waals surface area contributed by atoms with Gasteiger partial charge in [0.05, 0.1) is 0 Å². The van der Waals surface area contributed by atoms with Crippen molar-refractivity contribution in [2.45, 2.75) is 0 Å². The van der Waals surface area contributed by atoms with E-state index in [9.17, 15) is 0 Å². The van der Waals surface area contributed by atoms with Crippen molar-refractivity contribution in [1.82, 2.24) is 29.9 Å². The van der Waals surface area contributed by atoms with E-state index in [1.54, 1.807) is 0 Å². The molecule has 0 saturated carbocycles. The number of hydrogen-bond donors (Lipinski definition) is 0. The zero-order chi connectivity index (χ0) is 36.1. The van der Waals surface area contributed by atoms with E-state index < -0.39 is 0 Å². The monoisotopic (exact) mass is 888 g/mol. The summed E-state index contributed by atoms with van der Waals surface area (Å²) in [5.74, 6) is 3.18. The van der Waals surface area contributed by atoms with Crippen LogP contribution in [0.5, 0.6) is 0 Å². The molecular weight excluding hydrogens is 864 g/mol. The van der Waals surface area contributed by atoms with Crippen LogP contribution in [0.1, 0.15) is 0 Å². The van der Waals surface area contributed by atoms with Crippen LogP contribution in [-0.2, 0) is 0 Å². The van der Waals surface area contributed by atoms with Gasteiger partial charge in [-0.2, -0.15) is 9.97 Å². The van der Waals surface area contributed by atoms with Crippen LogP contribution in [0.3, 0.4) is 0 Å². The summed E-state index contributed by atoms with van der Waals surface area (Å²) in [7, 11) is 0. The molecule has 6 aromatic carbocycles. The summed E-state index contributed by atoms with van der Waals surface area (Å²) in [4.78, 5) is 26.9. The summed E-state index contributed by atoms with van der Waals surface area (Å²) in [6, 6.07) is 55.3. The van der Waals surface area contributed by atoms with Gasteiger partial charge in [0.15, 0.2) is 29.1 Å². The highest BCUT2D eigenvalue weighted by Gasteiger charge is 2.12. The van der Waals surface area contributed by atoms with Crippen LogP contribution in [0.15, 0.2) is 183 Å². The molecule has 0 N–H and O–H groups in total. The van der Waals surface area contributed by atoms with Crippen molar-refractivity contribution < 1.29 is 0 Å². The van der Waals surface area contributed by atoms with Crippen LogP contribution < -0.4 is 0 Å². The Labute approximate surface area is 332 Å². The first-order valence-corrected chi connectivity index (χ1v) is 18.7. The molecule has 10 heteroatoms. The molecule has 0 aliphatic heterocycles. The summed E-state index contributed by atoms with van der Waals surface area (Å²) in [5, 5.41) is 0.202. The van der Waals surface area contributed by atoms with Gasteiger partial charge in [-0.1, -0.05) is 181 Å². The maximum Gasteiger partial charge on any atom is 0.226 e. The van der Waals surface area contributed by atoms with E-state index >= 15 is 0 Å². The fourth-order valence-electron chi connectivity index (χ4n) is 4.75. The molecule has 2 aromatic heterocycles. The zero-order valence-electron chi connectivity index (χ0n) is 27.4. The van der Waals surface area contributed by atoms with Crippen molar-refractivity contribution in [3.63, 3.8) is 0 Å². The molecule has 0 bridgehead atoms. The quantitative estimate of drug-likeness (QED) is 0.171. The molecule has 8 aromatic rings. The molecular formula is C42H28Br3ClN6. The topological polar surface area (TPSA) is 77.3 Å². The first-order chi connectivity index (χ1) is 25.4. The Kier molecular flexibility index (Phi) is 13.1. The lowest BCUT2D eigenvalue weighted by Crippen LogP contribution is -1.99. The molecule has 0 atom stereocenters. The van der Waals surface area contributed by atoms with Gasteiger partial charge >= 0.3 is 0 Å². The molecule has 6 nitrogen and oxygen atoms in total. The van der Waals surface area contributed by atoms with Gasteiger partial charge in [0, 0.05) is 41.2 Å². The van der Waals surface area contributed by atoms with Crippen molar-refractivity contribution >= 4 is 59.4 Å². The normalized spacial score (nSPS) is 10.3. The minimum absolute atomic E-state index is 0.202. The van der Waals surface area contributed by atoms with Crippen LogP contribution in [0.2, 0.25) is 5.28 Å². The summed E-state index contributed by atoms with van der Waals surface area (Å²) >= 11 is 16.1. The molecule has 0 unspecified atom stereocenters. The first kappa shape index (κ1) is 36.8. The van der Waals surface area contributed by atoms with Crippen molar-refractivity contribution in [2.75, 3.05) is 0 Å². The van der Waals surface area contributed by atoms with Gasteiger partial charge in [0.2, 0.25) is 5.28 Å². The van der Waals surface area contributed by atoms with Crippen LogP contribution in [0, 0.1) is 0 Å². The highest BCUT2D eigenvalue weighted by Crippen LogP contribution is 2.26. The second-order valence-electron chi connectivity index (χ2n) is 11.0. The summed E-state index contributed by atoms with van der Waals surface area (Å²) in [6.45, 7) is 0. The third-order valence-corrected chi connectivity index (χ3v) is 9.03. The van der Waals surface area contributed by atoms with Gasteiger partial charge in [-0.15, -0.1) is 0 Å². The first-order valence-electron chi connectivity index (χ1n) is 16.0. The van der Waals surface area contributed by atoms with Crippen molar-refractivity contribution in [3.05, 3.63) is 189 Å². The second-order valence-corrected chi connectivity index (χ2v) is 14.1. The molecule has 8 rings (SSSR count). The number of benzene rings is 6. The molecule has 52 heavy (non-hydrogen) atoms. The molecule has 0 aliphatic carbocycles. The molecule has 2 heterocycles. The zero-order valence-corrected chi connectivity index (χ0v) is 32.9. The van der Waals surface area contributed by atoms with E-state index in [2.05, 4.69) is 67.7 Å². The van der Waals surface area contributed by atoms with Gasteiger partial charge in [-0.25, -0.2) is 19.9 Å². The van der Waals surface area contributed by atoms with Gasteiger partial charge < -0.3 is 0 Å². The van der Waals surface area contributed by atoms with Crippen molar-refractivity contribution in [3.8, 4) is 56.9 Å². The minimum Gasteiger partial charge on any atom is -0.208 e. The van der Waals surface area contributed by atoms with E-state index in [1.165, 1.54) is 0 Å². The number of rotatable bonds is 5. The van der Waals surface area contributed by atoms with Crippen molar-refractivity contribution in [2.24, 2.45) is 0 Å². The molecule has 0 aliphatic rings. The Hall–Kier alpha value is -4.93. The van der Waals surface area contributed by atoms with Gasteiger partial charge in [0.1, 0.15) is 0 Å². The predicted octanol–water partition coefficient (Wildman–Crippen LogP) is 12.7. The molecule has 254 valence electrons. The fraction of sp³-hybridized carbons (Fsp3) is 0. The summed E-state index contributed by atoms with van der Waals surface area (Å²) in [5.41, 5.74) is 4.74. The van der Waals surface area contributed by atoms with Crippen LogP contribution >= 0.6 is 59.4 Å². The third-order valence-electron chi connectivity index (χ3n) is 7.28. The smallest absolute Gasteiger partial charge is 0.208 e. The van der Waals surface area contributed by atoms with E-state index in [4.69, 9.17) is 21.6 Å². The van der Waals surface area contributed by atoms with E-state index in [0.717, 1.165) is 41.2 Å².